The molecule has 1 N–H and O–H groups in total. The lowest BCUT2D eigenvalue weighted by atomic mass is 10.1. The van der Waals surface area contributed by atoms with Gasteiger partial charge in [-0.3, -0.25) is 4.90 Å². The van der Waals surface area contributed by atoms with Gasteiger partial charge in [0.1, 0.15) is 5.82 Å². The molecular weight excluding hydrogens is 222 g/mol. The van der Waals surface area contributed by atoms with Crippen LogP contribution in [0.3, 0.4) is 0 Å². The summed E-state index contributed by atoms with van der Waals surface area (Å²) in [5, 5.41) is 3.19. The topological polar surface area (TPSA) is 28.2 Å². The molecule has 18 heavy (non-hydrogen) atoms. The molecule has 0 aromatic carbocycles. The van der Waals surface area contributed by atoms with E-state index in [9.17, 15) is 0 Å². The van der Waals surface area contributed by atoms with E-state index in [-0.39, 0.29) is 0 Å². The molecule has 0 aliphatic heterocycles. The Morgan fingerprint density at radius 1 is 1.44 bits per heavy atom. The van der Waals surface area contributed by atoms with E-state index in [1.807, 2.05) is 19.3 Å². The average Bonchev–Trinajstić information content (AvgIpc) is 3.19. The Balaban J connectivity index is 1.99. The monoisotopic (exact) mass is 247 g/mol. The highest BCUT2D eigenvalue weighted by atomic mass is 15.2. The van der Waals surface area contributed by atoms with Crippen molar-refractivity contribution in [1.29, 1.82) is 0 Å². The van der Waals surface area contributed by atoms with Crippen LogP contribution in [0.1, 0.15) is 38.7 Å². The molecular formula is C15H25N3. The van der Waals surface area contributed by atoms with Crippen molar-refractivity contribution in [3.63, 3.8) is 0 Å². The standard InChI is InChI=1S/C15H25N3/c1-12(2)8-10-18(14-6-7-14)11-13-5-4-9-17-15(13)16-3/h4-5,9,12,14H,6-8,10-11H2,1-3H3,(H,16,17). The van der Waals surface area contributed by atoms with Gasteiger partial charge in [-0.25, -0.2) is 4.98 Å². The molecule has 1 aliphatic carbocycles. The molecule has 1 fully saturated rings. The molecule has 1 saturated carbocycles. The molecule has 0 unspecified atom stereocenters. The van der Waals surface area contributed by atoms with E-state index in [4.69, 9.17) is 0 Å². The molecule has 0 spiro atoms. The molecule has 0 bridgehead atoms. The summed E-state index contributed by atoms with van der Waals surface area (Å²) in [5.74, 6) is 1.80. The molecule has 1 aromatic rings. The summed E-state index contributed by atoms with van der Waals surface area (Å²) in [6.07, 6.45) is 5.87. The fourth-order valence-corrected chi connectivity index (χ4v) is 2.26. The minimum Gasteiger partial charge on any atom is -0.373 e. The maximum atomic E-state index is 4.39. The minimum atomic E-state index is 0.781. The highest BCUT2D eigenvalue weighted by molar-refractivity contribution is 5.42. The predicted molar refractivity (Wildman–Crippen MR) is 76.7 cm³/mol. The third-order valence-corrected chi connectivity index (χ3v) is 3.56. The van der Waals surface area contributed by atoms with Crippen molar-refractivity contribution >= 4 is 5.82 Å². The number of nitrogens with one attached hydrogen (secondary N) is 1. The highest BCUT2D eigenvalue weighted by Crippen LogP contribution is 2.29. The zero-order valence-electron chi connectivity index (χ0n) is 11.8. The summed E-state index contributed by atoms with van der Waals surface area (Å²) in [6, 6.07) is 5.03. The maximum absolute atomic E-state index is 4.39. The van der Waals surface area contributed by atoms with Gasteiger partial charge in [0.25, 0.3) is 0 Å². The summed E-state index contributed by atoms with van der Waals surface area (Å²) in [4.78, 5) is 7.01. The van der Waals surface area contributed by atoms with Crippen LogP contribution in [-0.2, 0) is 6.54 Å². The third-order valence-electron chi connectivity index (χ3n) is 3.56. The highest BCUT2D eigenvalue weighted by Gasteiger charge is 2.29. The van der Waals surface area contributed by atoms with Crippen molar-refractivity contribution in [1.82, 2.24) is 9.88 Å². The van der Waals surface area contributed by atoms with E-state index < -0.39 is 0 Å². The first-order valence-electron chi connectivity index (χ1n) is 7.06. The Labute approximate surface area is 111 Å². The molecule has 100 valence electrons. The number of aromatic nitrogens is 1. The number of nitrogens with zero attached hydrogens (tertiary/aromatic N) is 2. The van der Waals surface area contributed by atoms with Crippen LogP contribution in [-0.4, -0.2) is 29.5 Å². The molecule has 1 heterocycles. The first-order chi connectivity index (χ1) is 8.70. The van der Waals surface area contributed by atoms with Gasteiger partial charge in [0.05, 0.1) is 0 Å². The normalized spacial score (nSPS) is 15.4. The molecule has 3 nitrogen and oxygen atoms in total. The number of hydrogen-bond donors (Lipinski definition) is 1. The van der Waals surface area contributed by atoms with Gasteiger partial charge < -0.3 is 5.32 Å². The molecule has 3 heteroatoms. The average molecular weight is 247 g/mol. The SMILES string of the molecule is CNc1ncccc1CN(CCC(C)C)C1CC1. The number of anilines is 1. The van der Waals surface area contributed by atoms with Crippen molar-refractivity contribution in [2.75, 3.05) is 18.9 Å². The Morgan fingerprint density at radius 3 is 2.83 bits per heavy atom. The molecule has 1 aromatic heterocycles. The second-order valence-corrected chi connectivity index (χ2v) is 5.65. The Bertz CT molecular complexity index is 372. The van der Waals surface area contributed by atoms with Crippen molar-refractivity contribution in [3.8, 4) is 0 Å². The van der Waals surface area contributed by atoms with Crippen LogP contribution in [0.25, 0.3) is 0 Å². The van der Waals surface area contributed by atoms with Gasteiger partial charge >= 0.3 is 0 Å². The van der Waals surface area contributed by atoms with E-state index in [2.05, 4.69) is 35.1 Å². The summed E-state index contributed by atoms with van der Waals surface area (Å²) >= 11 is 0. The van der Waals surface area contributed by atoms with Crippen LogP contribution in [0.4, 0.5) is 5.82 Å². The van der Waals surface area contributed by atoms with Crippen molar-refractivity contribution in [2.45, 2.75) is 45.7 Å². The molecule has 0 radical (unpaired) electrons. The third kappa shape index (κ3) is 3.70. The molecule has 2 rings (SSSR count). The van der Waals surface area contributed by atoms with Crippen molar-refractivity contribution < 1.29 is 0 Å². The number of rotatable bonds is 7. The lowest BCUT2D eigenvalue weighted by Crippen LogP contribution is -2.28. The fraction of sp³-hybridized carbons (Fsp3) is 0.667. The predicted octanol–water partition coefficient (Wildman–Crippen LogP) is 3.13. The van der Waals surface area contributed by atoms with Gasteiger partial charge in [-0.1, -0.05) is 19.9 Å². The van der Waals surface area contributed by atoms with E-state index in [0.29, 0.717) is 0 Å². The second kappa shape index (κ2) is 6.19. The van der Waals surface area contributed by atoms with Crippen LogP contribution < -0.4 is 5.32 Å². The van der Waals surface area contributed by atoms with Gasteiger partial charge in [-0.2, -0.15) is 0 Å². The van der Waals surface area contributed by atoms with Crippen LogP contribution in [0.15, 0.2) is 18.3 Å². The summed E-state index contributed by atoms with van der Waals surface area (Å²) < 4.78 is 0. The van der Waals surface area contributed by atoms with Gasteiger partial charge in [0.2, 0.25) is 0 Å². The zero-order valence-corrected chi connectivity index (χ0v) is 11.8. The van der Waals surface area contributed by atoms with Gasteiger partial charge in [-0.05, 0) is 37.8 Å². The largest absolute Gasteiger partial charge is 0.373 e. The quantitative estimate of drug-likeness (QED) is 0.802. The zero-order chi connectivity index (χ0) is 13.0. The number of hydrogen-bond acceptors (Lipinski definition) is 3. The van der Waals surface area contributed by atoms with Crippen LogP contribution in [0.5, 0.6) is 0 Å². The summed E-state index contributed by atoms with van der Waals surface area (Å²) in [5.41, 5.74) is 1.32. The smallest absolute Gasteiger partial charge is 0.130 e. The van der Waals surface area contributed by atoms with Crippen LogP contribution in [0, 0.1) is 5.92 Å². The Hall–Kier alpha value is -1.09. The maximum Gasteiger partial charge on any atom is 0.130 e. The minimum absolute atomic E-state index is 0.781. The van der Waals surface area contributed by atoms with Gasteiger partial charge in [0, 0.05) is 31.4 Å². The van der Waals surface area contributed by atoms with Crippen LogP contribution >= 0.6 is 0 Å². The lowest BCUT2D eigenvalue weighted by molar-refractivity contribution is 0.239. The van der Waals surface area contributed by atoms with E-state index >= 15 is 0 Å². The molecule has 0 atom stereocenters. The van der Waals surface area contributed by atoms with Crippen LogP contribution in [0.2, 0.25) is 0 Å². The van der Waals surface area contributed by atoms with Crippen molar-refractivity contribution in [2.24, 2.45) is 5.92 Å². The van der Waals surface area contributed by atoms with E-state index in [1.54, 1.807) is 0 Å². The molecule has 1 aliphatic rings. The first kappa shape index (κ1) is 13.3. The van der Waals surface area contributed by atoms with Crippen molar-refractivity contribution in [3.05, 3.63) is 23.9 Å². The van der Waals surface area contributed by atoms with Gasteiger partial charge in [-0.15, -0.1) is 0 Å². The molecule has 0 saturated heterocycles. The first-order valence-corrected chi connectivity index (χ1v) is 7.06. The lowest BCUT2D eigenvalue weighted by Gasteiger charge is -2.23. The number of pyridine rings is 1. The molecule has 0 amide bonds. The van der Waals surface area contributed by atoms with E-state index in [1.165, 1.54) is 31.4 Å². The summed E-state index contributed by atoms with van der Waals surface area (Å²) in [7, 11) is 1.95. The Kier molecular flexibility index (Phi) is 4.59. The fourth-order valence-electron chi connectivity index (χ4n) is 2.26. The summed E-state index contributed by atoms with van der Waals surface area (Å²) in [6.45, 7) is 6.84. The van der Waals surface area contributed by atoms with E-state index in [0.717, 1.165) is 24.3 Å². The second-order valence-electron chi connectivity index (χ2n) is 5.65. The van der Waals surface area contributed by atoms with Gasteiger partial charge in [0.15, 0.2) is 0 Å². The Morgan fingerprint density at radius 2 is 2.22 bits per heavy atom.